The second-order valence-corrected chi connectivity index (χ2v) is 5.19. The lowest BCUT2D eigenvalue weighted by atomic mass is 9.92. The highest BCUT2D eigenvalue weighted by Gasteiger charge is 2.29. The van der Waals surface area contributed by atoms with Crippen LogP contribution >= 0.6 is 11.6 Å². The van der Waals surface area contributed by atoms with E-state index >= 15 is 0 Å². The number of nitrogens with one attached hydrogen (secondary N) is 1. The molecule has 3 atom stereocenters. The molecule has 1 amide bonds. The highest BCUT2D eigenvalue weighted by molar-refractivity contribution is 6.29. The third-order valence-electron chi connectivity index (χ3n) is 3.33. The van der Waals surface area contributed by atoms with Gasteiger partial charge in [0.25, 0.3) is 11.5 Å². The Balaban J connectivity index is 1.99. The number of ether oxygens (including phenoxy) is 1. The third-order valence-corrected chi connectivity index (χ3v) is 3.53. The molecule has 1 N–H and O–H groups in total. The topological polar surface area (TPSA) is 38.3 Å². The van der Waals surface area contributed by atoms with Gasteiger partial charge >= 0.3 is 0 Å². The Hall–Kier alpha value is -1.36. The van der Waals surface area contributed by atoms with Crippen LogP contribution in [0.4, 0.5) is 8.78 Å². The maximum atomic E-state index is 12.8. The summed E-state index contributed by atoms with van der Waals surface area (Å²) in [5, 5.41) is 2.56. The fourth-order valence-electron chi connectivity index (χ4n) is 2.34. The van der Waals surface area contributed by atoms with Crippen molar-refractivity contribution in [2.75, 3.05) is 0 Å². The van der Waals surface area contributed by atoms with E-state index in [4.69, 9.17) is 16.3 Å². The molecule has 0 spiro atoms. The van der Waals surface area contributed by atoms with Crippen molar-refractivity contribution in [3.63, 3.8) is 0 Å². The van der Waals surface area contributed by atoms with Crippen LogP contribution in [0.25, 0.3) is 0 Å². The van der Waals surface area contributed by atoms with Gasteiger partial charge in [-0.15, -0.1) is 0 Å². The Morgan fingerprint density at radius 1 is 1.30 bits per heavy atom. The summed E-state index contributed by atoms with van der Waals surface area (Å²) < 4.78 is 31.3. The first-order chi connectivity index (χ1) is 9.56. The first-order valence-corrected chi connectivity index (χ1v) is 7.00. The molecule has 1 saturated carbocycles. The van der Waals surface area contributed by atoms with Gasteiger partial charge in [0.15, 0.2) is 0 Å². The second-order valence-electron chi connectivity index (χ2n) is 4.81. The van der Waals surface area contributed by atoms with E-state index in [-0.39, 0.29) is 18.0 Å². The summed E-state index contributed by atoms with van der Waals surface area (Å²) in [6, 6.07) is 5.40. The van der Waals surface area contributed by atoms with Gasteiger partial charge in [-0.1, -0.05) is 18.0 Å². The normalized spacial score (nSPS) is 23.9. The molecule has 0 bridgehead atoms. The summed E-state index contributed by atoms with van der Waals surface area (Å²) in [7, 11) is 0. The zero-order valence-corrected chi connectivity index (χ0v) is 11.6. The Labute approximate surface area is 121 Å². The van der Waals surface area contributed by atoms with E-state index in [9.17, 15) is 13.6 Å². The summed E-state index contributed by atoms with van der Waals surface area (Å²) in [4.78, 5) is 11.3. The zero-order valence-electron chi connectivity index (χ0n) is 10.8. The van der Waals surface area contributed by atoms with E-state index in [0.717, 1.165) is 19.3 Å². The van der Waals surface area contributed by atoms with Crippen LogP contribution in [-0.2, 0) is 4.79 Å². The number of benzene rings is 1. The van der Waals surface area contributed by atoms with Crippen molar-refractivity contribution >= 4 is 17.5 Å². The first-order valence-electron chi connectivity index (χ1n) is 6.57. The maximum Gasteiger partial charge on any atom is 0.270 e. The van der Waals surface area contributed by atoms with Gasteiger partial charge in [0, 0.05) is 0 Å². The number of halogens is 3. The quantitative estimate of drug-likeness (QED) is 0.868. The molecule has 1 aliphatic rings. The number of amides is 1. The molecule has 6 heteroatoms. The number of carbonyl (C=O) groups excluding carboxylic acids is 1. The lowest BCUT2D eigenvalue weighted by Crippen LogP contribution is -2.49. The molecular formula is C14H16ClF2NO2. The molecule has 0 saturated heterocycles. The number of alkyl halides is 2. The van der Waals surface area contributed by atoms with E-state index in [0.29, 0.717) is 12.2 Å². The monoisotopic (exact) mass is 303 g/mol. The SMILES string of the molecule is O=C(N[C@@H]1CCCC[C@@H]1Oc1ccc(F)cc1)C(F)Cl. The van der Waals surface area contributed by atoms with Crippen molar-refractivity contribution in [1.82, 2.24) is 5.32 Å². The molecule has 0 radical (unpaired) electrons. The summed E-state index contributed by atoms with van der Waals surface area (Å²) in [6.45, 7) is 0. The molecule has 3 nitrogen and oxygen atoms in total. The van der Waals surface area contributed by atoms with E-state index in [1.165, 1.54) is 24.3 Å². The summed E-state index contributed by atoms with van der Waals surface area (Å²) in [5.74, 6) is -0.653. The average Bonchev–Trinajstić information content (AvgIpc) is 2.43. The Bertz CT molecular complexity index is 453. The van der Waals surface area contributed by atoms with Crippen LogP contribution in [0, 0.1) is 5.82 Å². The minimum absolute atomic E-state index is 0.256. The highest BCUT2D eigenvalue weighted by Crippen LogP contribution is 2.24. The number of hydrogen-bond acceptors (Lipinski definition) is 2. The number of rotatable bonds is 4. The third kappa shape index (κ3) is 4.07. The van der Waals surface area contributed by atoms with E-state index in [1.54, 1.807) is 0 Å². The predicted molar refractivity (Wildman–Crippen MR) is 72.0 cm³/mol. The van der Waals surface area contributed by atoms with Crippen LogP contribution in [-0.4, -0.2) is 23.7 Å². The van der Waals surface area contributed by atoms with E-state index in [2.05, 4.69) is 5.32 Å². The maximum absolute atomic E-state index is 12.8. The molecule has 2 rings (SSSR count). The molecule has 20 heavy (non-hydrogen) atoms. The van der Waals surface area contributed by atoms with Gasteiger partial charge in [0.05, 0.1) is 6.04 Å². The molecule has 0 heterocycles. The van der Waals surface area contributed by atoms with Gasteiger partial charge in [-0.2, -0.15) is 0 Å². The first kappa shape index (κ1) is 15.0. The predicted octanol–water partition coefficient (Wildman–Crippen LogP) is 3.17. The number of carbonyl (C=O) groups is 1. The Kier molecular flexibility index (Phi) is 5.17. The summed E-state index contributed by atoms with van der Waals surface area (Å²) in [6.07, 6.45) is 3.11. The van der Waals surface area contributed by atoms with Gasteiger partial charge < -0.3 is 10.1 Å². The fraction of sp³-hybridized carbons (Fsp3) is 0.500. The molecule has 1 aromatic carbocycles. The smallest absolute Gasteiger partial charge is 0.270 e. The van der Waals surface area contributed by atoms with Crippen molar-refractivity contribution in [3.05, 3.63) is 30.1 Å². The van der Waals surface area contributed by atoms with Crippen molar-refractivity contribution in [2.45, 2.75) is 43.5 Å². The van der Waals surface area contributed by atoms with Gasteiger partial charge in [-0.25, -0.2) is 8.78 Å². The highest BCUT2D eigenvalue weighted by atomic mass is 35.5. The molecule has 110 valence electrons. The minimum atomic E-state index is -2.05. The van der Waals surface area contributed by atoms with Gasteiger partial charge in [0.2, 0.25) is 0 Å². The van der Waals surface area contributed by atoms with E-state index in [1.807, 2.05) is 0 Å². The van der Waals surface area contributed by atoms with E-state index < -0.39 is 11.5 Å². The fourth-order valence-corrected chi connectivity index (χ4v) is 2.40. The largest absolute Gasteiger partial charge is 0.488 e. The number of hydrogen-bond donors (Lipinski definition) is 1. The van der Waals surface area contributed by atoms with Gasteiger partial charge in [-0.3, -0.25) is 4.79 Å². The Morgan fingerprint density at radius 2 is 1.95 bits per heavy atom. The van der Waals surface area contributed by atoms with Crippen LogP contribution in [0.1, 0.15) is 25.7 Å². The van der Waals surface area contributed by atoms with Crippen LogP contribution in [0.2, 0.25) is 0 Å². The van der Waals surface area contributed by atoms with Crippen LogP contribution in [0.3, 0.4) is 0 Å². The molecule has 0 aromatic heterocycles. The minimum Gasteiger partial charge on any atom is -0.488 e. The standard InChI is InChI=1S/C14H16ClF2NO2/c15-13(17)14(19)18-11-3-1-2-4-12(11)20-10-7-5-9(16)6-8-10/h5-8,11-13H,1-4H2,(H,18,19)/t11-,12+,13?/m1/s1. The lowest BCUT2D eigenvalue weighted by molar-refractivity contribution is -0.125. The molecule has 1 fully saturated rings. The molecule has 0 aliphatic heterocycles. The van der Waals surface area contributed by atoms with Crippen molar-refractivity contribution in [2.24, 2.45) is 0 Å². The van der Waals surface area contributed by atoms with Crippen LogP contribution in [0.15, 0.2) is 24.3 Å². The summed E-state index contributed by atoms with van der Waals surface area (Å²) in [5.41, 5.74) is -2.05. The van der Waals surface area contributed by atoms with Crippen molar-refractivity contribution in [3.8, 4) is 5.75 Å². The van der Waals surface area contributed by atoms with Crippen molar-refractivity contribution < 1.29 is 18.3 Å². The lowest BCUT2D eigenvalue weighted by Gasteiger charge is -2.32. The molecule has 1 aliphatic carbocycles. The molecule has 1 unspecified atom stereocenters. The zero-order chi connectivity index (χ0) is 14.5. The Morgan fingerprint density at radius 3 is 2.60 bits per heavy atom. The summed E-state index contributed by atoms with van der Waals surface area (Å²) >= 11 is 5.11. The van der Waals surface area contributed by atoms with Crippen molar-refractivity contribution in [1.29, 1.82) is 0 Å². The molecular weight excluding hydrogens is 288 g/mol. The second kappa shape index (κ2) is 6.88. The van der Waals surface area contributed by atoms with Crippen LogP contribution in [0.5, 0.6) is 5.75 Å². The van der Waals surface area contributed by atoms with Gasteiger partial charge in [-0.05, 0) is 43.5 Å². The van der Waals surface area contributed by atoms with Gasteiger partial charge in [0.1, 0.15) is 17.7 Å². The average molecular weight is 304 g/mol. The van der Waals surface area contributed by atoms with Crippen LogP contribution < -0.4 is 10.1 Å². The molecule has 1 aromatic rings.